The molecule has 0 saturated carbocycles. The van der Waals surface area contributed by atoms with E-state index in [1.54, 1.807) is 0 Å². The lowest BCUT2D eigenvalue weighted by atomic mass is 10.3. The first-order chi connectivity index (χ1) is 8.04. The van der Waals surface area contributed by atoms with Crippen LogP contribution in [0.5, 0.6) is 0 Å². The summed E-state index contributed by atoms with van der Waals surface area (Å²) in [6.07, 6.45) is 1.49. The lowest BCUT2D eigenvalue weighted by Gasteiger charge is -2.12. The molecule has 1 rings (SSSR count). The number of amides is 1. The summed E-state index contributed by atoms with van der Waals surface area (Å²) in [5.74, 6) is -1.45. The number of nitrogens with zero attached hydrogens (tertiary/aromatic N) is 5. The maximum absolute atomic E-state index is 11.7. The van der Waals surface area contributed by atoms with E-state index in [4.69, 9.17) is 10.4 Å². The molecule has 8 heteroatoms. The Labute approximate surface area is 97.1 Å². The second-order valence-electron chi connectivity index (χ2n) is 3.33. The zero-order valence-electron chi connectivity index (χ0n) is 9.20. The van der Waals surface area contributed by atoms with Gasteiger partial charge >= 0.3 is 5.97 Å². The Kier molecular flexibility index (Phi) is 4.16. The molecular formula is C9H11N5O3. The molecule has 0 aliphatic carbocycles. The van der Waals surface area contributed by atoms with Crippen molar-refractivity contribution in [2.75, 3.05) is 13.6 Å². The van der Waals surface area contributed by atoms with Crippen molar-refractivity contribution in [1.82, 2.24) is 19.9 Å². The number of carbonyl (C=O) groups excluding carboxylic acids is 1. The number of rotatable bonds is 5. The third kappa shape index (κ3) is 3.57. The van der Waals surface area contributed by atoms with Crippen LogP contribution in [0.3, 0.4) is 0 Å². The molecule has 0 saturated heterocycles. The highest BCUT2D eigenvalue weighted by Crippen LogP contribution is 1.99. The molecule has 0 aliphatic rings. The van der Waals surface area contributed by atoms with E-state index in [2.05, 4.69) is 10.3 Å². The quantitative estimate of drug-likeness (QED) is 0.728. The Morgan fingerprint density at radius 2 is 2.35 bits per heavy atom. The highest BCUT2D eigenvalue weighted by Gasteiger charge is 2.15. The first-order valence-corrected chi connectivity index (χ1v) is 4.79. The molecule has 1 heterocycles. The van der Waals surface area contributed by atoms with Gasteiger partial charge in [-0.2, -0.15) is 5.26 Å². The molecule has 0 fully saturated rings. The van der Waals surface area contributed by atoms with E-state index in [0.29, 0.717) is 6.54 Å². The number of carboxylic acids is 1. The minimum absolute atomic E-state index is 0.0617. The summed E-state index contributed by atoms with van der Waals surface area (Å²) in [6.45, 7) is -0.0523. The highest BCUT2D eigenvalue weighted by molar-refractivity contribution is 5.91. The lowest BCUT2D eigenvalue weighted by Crippen LogP contribution is -2.27. The standard InChI is InChI=1S/C9H11N5O3/c1-13(4-2-3-10)9(17)7-5-14(12-11-7)6-8(15)16/h5H,2,4,6H2,1H3,(H,15,16). The van der Waals surface area contributed by atoms with E-state index < -0.39 is 11.9 Å². The highest BCUT2D eigenvalue weighted by atomic mass is 16.4. The predicted molar refractivity (Wildman–Crippen MR) is 54.8 cm³/mol. The average molecular weight is 237 g/mol. The van der Waals surface area contributed by atoms with Crippen molar-refractivity contribution in [3.8, 4) is 6.07 Å². The molecule has 1 aromatic rings. The van der Waals surface area contributed by atoms with Crippen molar-refractivity contribution in [3.05, 3.63) is 11.9 Å². The Balaban J connectivity index is 2.66. The van der Waals surface area contributed by atoms with Crippen LogP contribution in [-0.4, -0.2) is 50.5 Å². The molecule has 0 bridgehead atoms. The molecule has 0 aromatic carbocycles. The van der Waals surface area contributed by atoms with E-state index >= 15 is 0 Å². The van der Waals surface area contributed by atoms with Crippen LogP contribution in [0.1, 0.15) is 16.9 Å². The molecule has 90 valence electrons. The molecule has 1 aromatic heterocycles. The van der Waals surface area contributed by atoms with Crippen LogP contribution in [0, 0.1) is 11.3 Å². The summed E-state index contributed by atoms with van der Waals surface area (Å²) in [5, 5.41) is 24.0. The molecule has 1 N–H and O–H groups in total. The van der Waals surface area contributed by atoms with Crippen LogP contribution in [0.2, 0.25) is 0 Å². The molecule has 0 radical (unpaired) electrons. The third-order valence-corrected chi connectivity index (χ3v) is 1.96. The Morgan fingerprint density at radius 1 is 1.65 bits per heavy atom. The molecule has 1 amide bonds. The average Bonchev–Trinajstić information content (AvgIpc) is 2.72. The molecule has 8 nitrogen and oxygen atoms in total. The topological polar surface area (TPSA) is 112 Å². The van der Waals surface area contributed by atoms with Crippen LogP contribution in [0.15, 0.2) is 6.20 Å². The van der Waals surface area contributed by atoms with Crippen molar-refractivity contribution in [2.24, 2.45) is 0 Å². The number of aromatic nitrogens is 3. The van der Waals surface area contributed by atoms with Crippen LogP contribution < -0.4 is 0 Å². The van der Waals surface area contributed by atoms with Gasteiger partial charge in [0.25, 0.3) is 5.91 Å². The minimum Gasteiger partial charge on any atom is -0.480 e. The summed E-state index contributed by atoms with van der Waals surface area (Å²) in [6, 6.07) is 1.92. The molecule has 0 aliphatic heterocycles. The second kappa shape index (κ2) is 5.60. The fourth-order valence-electron chi connectivity index (χ4n) is 1.13. The van der Waals surface area contributed by atoms with Gasteiger partial charge in [-0.1, -0.05) is 5.21 Å². The molecule has 0 unspecified atom stereocenters. The Hall–Kier alpha value is -2.43. The summed E-state index contributed by atoms with van der Waals surface area (Å²) >= 11 is 0. The molecule has 0 spiro atoms. The number of nitriles is 1. The fourth-order valence-corrected chi connectivity index (χ4v) is 1.13. The van der Waals surface area contributed by atoms with Gasteiger partial charge in [-0.05, 0) is 0 Å². The SMILES string of the molecule is CN(CCC#N)C(=O)c1cn(CC(=O)O)nn1. The maximum atomic E-state index is 11.7. The predicted octanol–water partition coefficient (Wildman–Crippen LogP) is -0.652. The van der Waals surface area contributed by atoms with Crippen molar-refractivity contribution >= 4 is 11.9 Å². The van der Waals surface area contributed by atoms with E-state index in [0.717, 1.165) is 4.68 Å². The van der Waals surface area contributed by atoms with Gasteiger partial charge in [-0.25, -0.2) is 4.68 Å². The van der Waals surface area contributed by atoms with Gasteiger partial charge in [0, 0.05) is 13.6 Å². The van der Waals surface area contributed by atoms with Gasteiger partial charge in [0.2, 0.25) is 0 Å². The molecular weight excluding hydrogens is 226 g/mol. The van der Waals surface area contributed by atoms with Gasteiger partial charge in [0.05, 0.1) is 18.7 Å². The van der Waals surface area contributed by atoms with E-state index in [9.17, 15) is 9.59 Å². The Bertz CT molecular complexity index is 461. The number of hydrogen-bond acceptors (Lipinski definition) is 5. The molecule has 17 heavy (non-hydrogen) atoms. The van der Waals surface area contributed by atoms with Gasteiger partial charge in [0.15, 0.2) is 5.69 Å². The second-order valence-corrected chi connectivity index (χ2v) is 3.33. The maximum Gasteiger partial charge on any atom is 0.325 e. The van der Waals surface area contributed by atoms with E-state index in [1.165, 1.54) is 18.1 Å². The summed E-state index contributed by atoms with van der Waals surface area (Å²) < 4.78 is 1.06. The lowest BCUT2D eigenvalue weighted by molar-refractivity contribution is -0.137. The molecule has 0 atom stereocenters. The van der Waals surface area contributed by atoms with Crippen molar-refractivity contribution < 1.29 is 14.7 Å². The Morgan fingerprint density at radius 3 is 2.94 bits per heavy atom. The number of carboxylic acid groups (broad SMARTS) is 1. The number of hydrogen-bond donors (Lipinski definition) is 1. The number of aliphatic carboxylic acids is 1. The van der Waals surface area contributed by atoms with E-state index in [1.807, 2.05) is 6.07 Å². The van der Waals surface area contributed by atoms with Crippen LogP contribution in [-0.2, 0) is 11.3 Å². The number of carbonyl (C=O) groups is 2. The van der Waals surface area contributed by atoms with E-state index in [-0.39, 0.29) is 18.7 Å². The monoisotopic (exact) mass is 237 g/mol. The minimum atomic E-state index is -1.06. The third-order valence-electron chi connectivity index (χ3n) is 1.96. The largest absolute Gasteiger partial charge is 0.480 e. The van der Waals surface area contributed by atoms with Crippen molar-refractivity contribution in [2.45, 2.75) is 13.0 Å². The van der Waals surface area contributed by atoms with Gasteiger partial charge in [-0.3, -0.25) is 9.59 Å². The summed E-state index contributed by atoms with van der Waals surface area (Å²) in [4.78, 5) is 23.4. The smallest absolute Gasteiger partial charge is 0.325 e. The van der Waals surface area contributed by atoms with Crippen molar-refractivity contribution in [1.29, 1.82) is 5.26 Å². The first kappa shape index (κ1) is 12.6. The zero-order chi connectivity index (χ0) is 12.8. The van der Waals surface area contributed by atoms with Gasteiger partial charge < -0.3 is 10.0 Å². The van der Waals surface area contributed by atoms with Crippen LogP contribution >= 0.6 is 0 Å². The fraction of sp³-hybridized carbons (Fsp3) is 0.444. The van der Waals surface area contributed by atoms with Crippen molar-refractivity contribution in [3.63, 3.8) is 0 Å². The van der Waals surface area contributed by atoms with Gasteiger partial charge in [-0.15, -0.1) is 5.10 Å². The summed E-state index contributed by atoms with van der Waals surface area (Å²) in [5.41, 5.74) is 0.0617. The zero-order valence-corrected chi connectivity index (χ0v) is 9.20. The normalized spacial score (nSPS) is 9.65. The van der Waals surface area contributed by atoms with Crippen LogP contribution in [0.25, 0.3) is 0 Å². The van der Waals surface area contributed by atoms with Crippen LogP contribution in [0.4, 0.5) is 0 Å². The van der Waals surface area contributed by atoms with Gasteiger partial charge in [0.1, 0.15) is 6.54 Å². The first-order valence-electron chi connectivity index (χ1n) is 4.79. The summed E-state index contributed by atoms with van der Waals surface area (Å²) in [7, 11) is 1.54.